The first-order valence-electron chi connectivity index (χ1n) is 22.8. The summed E-state index contributed by atoms with van der Waals surface area (Å²) in [5.74, 6) is -0.868. The van der Waals surface area contributed by atoms with Gasteiger partial charge in [-0.25, -0.2) is 0 Å². The first kappa shape index (κ1) is 55.0. The van der Waals surface area contributed by atoms with E-state index in [0.717, 1.165) is 57.8 Å². The smallest absolute Gasteiger partial charge is 0.306 e. The molecule has 0 rings (SSSR count). The molecule has 0 heterocycles. The van der Waals surface area contributed by atoms with Gasteiger partial charge in [-0.05, 0) is 57.8 Å². The van der Waals surface area contributed by atoms with Crippen molar-refractivity contribution < 1.29 is 42.1 Å². The summed E-state index contributed by atoms with van der Waals surface area (Å²) in [6, 6.07) is 0. The molecule has 0 spiro atoms. The second kappa shape index (κ2) is 39.4. The van der Waals surface area contributed by atoms with E-state index in [1.165, 1.54) is 89.9 Å². The number of carbonyl (C=O) groups is 2. The number of quaternary nitrogens is 1. The molecule has 10 heteroatoms. The van der Waals surface area contributed by atoms with Crippen molar-refractivity contribution in [2.24, 2.45) is 0 Å². The number of hydrogen-bond acceptors (Lipinski definition) is 8. The molecule has 0 fully saturated rings. The molecule has 0 saturated heterocycles. The number of unbranched alkanes of at least 4 members (excludes halogenated alkanes) is 19. The molecular formula is C47H86NO8P. The average Bonchev–Trinajstić information content (AvgIpc) is 3.16. The van der Waals surface area contributed by atoms with Crippen LogP contribution in [-0.4, -0.2) is 70.0 Å². The maximum Gasteiger partial charge on any atom is 0.306 e. The predicted octanol–water partition coefficient (Wildman–Crippen LogP) is 12.4. The van der Waals surface area contributed by atoms with E-state index in [1.807, 2.05) is 21.1 Å². The lowest BCUT2D eigenvalue weighted by molar-refractivity contribution is -0.870. The topological polar surface area (TPSA) is 111 Å². The van der Waals surface area contributed by atoms with Gasteiger partial charge in [0, 0.05) is 12.8 Å². The molecule has 0 saturated carbocycles. The van der Waals surface area contributed by atoms with Crippen LogP contribution in [0.1, 0.15) is 187 Å². The summed E-state index contributed by atoms with van der Waals surface area (Å²) in [6.07, 6.45) is 45.6. The van der Waals surface area contributed by atoms with Crippen LogP contribution in [0.3, 0.4) is 0 Å². The van der Waals surface area contributed by atoms with E-state index in [-0.39, 0.29) is 26.1 Å². The molecule has 332 valence electrons. The molecule has 9 nitrogen and oxygen atoms in total. The fourth-order valence-corrected chi connectivity index (χ4v) is 6.72. The zero-order chi connectivity index (χ0) is 42.1. The number of esters is 2. The van der Waals surface area contributed by atoms with Gasteiger partial charge in [0.2, 0.25) is 0 Å². The molecule has 0 N–H and O–H groups in total. The minimum atomic E-state index is -4.63. The Morgan fingerprint density at radius 1 is 0.544 bits per heavy atom. The van der Waals surface area contributed by atoms with Crippen molar-refractivity contribution in [3.8, 4) is 0 Å². The zero-order valence-electron chi connectivity index (χ0n) is 37.3. The van der Waals surface area contributed by atoms with Crippen LogP contribution in [0, 0.1) is 0 Å². The Labute approximate surface area is 350 Å². The molecule has 0 aliphatic rings. The number of ether oxygens (including phenoxy) is 2. The van der Waals surface area contributed by atoms with E-state index >= 15 is 0 Å². The highest BCUT2D eigenvalue weighted by molar-refractivity contribution is 7.45. The van der Waals surface area contributed by atoms with E-state index in [4.69, 9.17) is 18.5 Å². The number of phosphoric ester groups is 1. The van der Waals surface area contributed by atoms with Gasteiger partial charge >= 0.3 is 11.9 Å². The van der Waals surface area contributed by atoms with Crippen molar-refractivity contribution in [1.82, 2.24) is 0 Å². The van der Waals surface area contributed by atoms with Gasteiger partial charge in [-0.3, -0.25) is 14.2 Å². The molecular weight excluding hydrogens is 737 g/mol. The van der Waals surface area contributed by atoms with Crippen LogP contribution in [0.5, 0.6) is 0 Å². The van der Waals surface area contributed by atoms with Crippen LogP contribution in [0.4, 0.5) is 0 Å². The summed E-state index contributed by atoms with van der Waals surface area (Å²) >= 11 is 0. The van der Waals surface area contributed by atoms with Gasteiger partial charge in [0.25, 0.3) is 7.82 Å². The van der Waals surface area contributed by atoms with E-state index in [9.17, 15) is 19.0 Å². The van der Waals surface area contributed by atoms with Gasteiger partial charge in [0.05, 0.1) is 27.7 Å². The van der Waals surface area contributed by atoms with Crippen LogP contribution in [0.2, 0.25) is 0 Å². The normalized spacial score (nSPS) is 14.0. The summed E-state index contributed by atoms with van der Waals surface area (Å²) in [5, 5.41) is 0. The summed E-state index contributed by atoms with van der Waals surface area (Å²) < 4.78 is 33.9. The monoisotopic (exact) mass is 824 g/mol. The Bertz CT molecular complexity index is 1110. The molecule has 0 aromatic carbocycles. The number of phosphoric acid groups is 1. The Hall–Kier alpha value is -2.03. The van der Waals surface area contributed by atoms with Gasteiger partial charge in [-0.15, -0.1) is 0 Å². The highest BCUT2D eigenvalue weighted by Crippen LogP contribution is 2.38. The highest BCUT2D eigenvalue weighted by Gasteiger charge is 2.21. The Morgan fingerprint density at radius 3 is 1.44 bits per heavy atom. The number of hydrogen-bond donors (Lipinski definition) is 0. The third-order valence-electron chi connectivity index (χ3n) is 9.60. The summed E-state index contributed by atoms with van der Waals surface area (Å²) in [6.45, 7) is 4.16. The molecule has 0 amide bonds. The van der Waals surface area contributed by atoms with Crippen LogP contribution in [-0.2, 0) is 32.7 Å². The predicted molar refractivity (Wildman–Crippen MR) is 236 cm³/mol. The van der Waals surface area contributed by atoms with Gasteiger partial charge in [-0.2, -0.15) is 0 Å². The number of rotatable bonds is 41. The molecule has 57 heavy (non-hydrogen) atoms. The van der Waals surface area contributed by atoms with Crippen molar-refractivity contribution in [2.45, 2.75) is 193 Å². The maximum absolute atomic E-state index is 12.7. The molecule has 0 aliphatic carbocycles. The minimum absolute atomic E-state index is 0.0365. The lowest BCUT2D eigenvalue weighted by Gasteiger charge is -2.28. The fourth-order valence-electron chi connectivity index (χ4n) is 5.99. The molecule has 2 atom stereocenters. The SMILES string of the molecule is CCCCC/C=C/C/C=C/C/C=C/C/C=C/CCCCCC(=O)OC[C@@H](COP(=O)([O-])OCC[N+](C)(C)C)OC(=O)CCCCCCCCCCCCCCCC. The molecule has 0 aromatic rings. The van der Waals surface area contributed by atoms with Gasteiger partial charge in [0.1, 0.15) is 19.8 Å². The van der Waals surface area contributed by atoms with Crippen LogP contribution in [0.25, 0.3) is 0 Å². The number of allylic oxidation sites excluding steroid dienone is 8. The van der Waals surface area contributed by atoms with Gasteiger partial charge < -0.3 is 27.9 Å². The molecule has 0 radical (unpaired) electrons. The maximum atomic E-state index is 12.7. The van der Waals surface area contributed by atoms with E-state index in [2.05, 4.69) is 62.5 Å². The molecule has 0 aliphatic heterocycles. The Morgan fingerprint density at radius 2 is 0.947 bits per heavy atom. The van der Waals surface area contributed by atoms with Crippen LogP contribution >= 0.6 is 7.82 Å². The minimum Gasteiger partial charge on any atom is -0.756 e. The largest absolute Gasteiger partial charge is 0.756 e. The first-order chi connectivity index (χ1) is 27.5. The quantitative estimate of drug-likeness (QED) is 0.0197. The Balaban J connectivity index is 4.39. The second-order valence-corrected chi connectivity index (χ2v) is 17.8. The highest BCUT2D eigenvalue weighted by atomic mass is 31.2. The second-order valence-electron chi connectivity index (χ2n) is 16.4. The number of nitrogens with zero attached hydrogens (tertiary/aromatic N) is 1. The molecule has 0 aromatic heterocycles. The standard InChI is InChI=1S/C47H86NO8P/c1-6-8-10-12-14-16-18-20-22-23-24-25-26-28-29-31-33-35-37-39-46(49)53-43-45(44-55-57(51,52)54-42-41-48(3,4)5)56-47(50)40-38-36-34-32-30-27-21-19-17-15-13-11-9-7-2/h14,16,20,22,24-25,28-29,45H,6-13,15,17-19,21,23,26-27,30-44H2,1-5H3/b16-14+,22-20+,25-24+,29-28+/t45-/m0/s1. The van der Waals surface area contributed by atoms with E-state index in [1.54, 1.807) is 0 Å². The molecule has 1 unspecified atom stereocenters. The fraction of sp³-hybridized carbons (Fsp3) is 0.787. The van der Waals surface area contributed by atoms with Crippen molar-refractivity contribution in [2.75, 3.05) is 47.5 Å². The zero-order valence-corrected chi connectivity index (χ0v) is 38.2. The van der Waals surface area contributed by atoms with E-state index < -0.39 is 32.5 Å². The summed E-state index contributed by atoms with van der Waals surface area (Å²) in [7, 11) is 1.15. The van der Waals surface area contributed by atoms with Gasteiger partial charge in [-0.1, -0.05) is 165 Å². The van der Waals surface area contributed by atoms with Crippen molar-refractivity contribution >= 4 is 19.8 Å². The van der Waals surface area contributed by atoms with Crippen molar-refractivity contribution in [3.63, 3.8) is 0 Å². The number of carbonyl (C=O) groups excluding carboxylic acids is 2. The number of likely N-dealkylation sites (N-methyl/N-ethyl adjacent to an activating group) is 1. The summed E-state index contributed by atoms with van der Waals surface area (Å²) in [4.78, 5) is 37.5. The lowest BCUT2D eigenvalue weighted by Crippen LogP contribution is -2.37. The Kier molecular flexibility index (Phi) is 38.0. The summed E-state index contributed by atoms with van der Waals surface area (Å²) in [5.41, 5.74) is 0. The van der Waals surface area contributed by atoms with Crippen molar-refractivity contribution in [1.29, 1.82) is 0 Å². The third-order valence-corrected chi connectivity index (χ3v) is 10.6. The van der Waals surface area contributed by atoms with Crippen LogP contribution in [0.15, 0.2) is 48.6 Å². The van der Waals surface area contributed by atoms with Gasteiger partial charge in [0.15, 0.2) is 6.10 Å². The van der Waals surface area contributed by atoms with E-state index in [0.29, 0.717) is 23.9 Å². The van der Waals surface area contributed by atoms with Crippen LogP contribution < -0.4 is 4.89 Å². The first-order valence-corrected chi connectivity index (χ1v) is 24.3. The third kappa shape index (κ3) is 43.4. The lowest BCUT2D eigenvalue weighted by atomic mass is 10.0. The van der Waals surface area contributed by atoms with Crippen molar-refractivity contribution in [3.05, 3.63) is 48.6 Å². The average molecular weight is 824 g/mol. The molecule has 0 bridgehead atoms.